The minimum Gasteiger partial charge on any atom is -0.421 e. The predicted octanol–water partition coefficient (Wildman–Crippen LogP) is 2.83. The van der Waals surface area contributed by atoms with Gasteiger partial charge in [-0.15, -0.1) is 0 Å². The van der Waals surface area contributed by atoms with Crippen molar-refractivity contribution in [1.82, 2.24) is 14.7 Å². The van der Waals surface area contributed by atoms with Crippen molar-refractivity contribution in [3.63, 3.8) is 0 Å². The van der Waals surface area contributed by atoms with Crippen molar-refractivity contribution in [2.45, 2.75) is 6.92 Å². The lowest BCUT2D eigenvalue weighted by atomic mass is 10.1. The van der Waals surface area contributed by atoms with Crippen LogP contribution in [0.5, 0.6) is 0 Å². The van der Waals surface area contributed by atoms with E-state index in [4.69, 9.17) is 4.42 Å². The number of fused-ring (bicyclic) bond motifs is 2. The average Bonchev–Trinajstić information content (AvgIpc) is 3.07. The molecule has 1 N–H and O–H groups in total. The Kier molecular flexibility index (Phi) is 3.72. The number of hydrogen-bond acceptors (Lipinski definition) is 5. The maximum absolute atomic E-state index is 12.5. The molecule has 1 aliphatic rings. The summed E-state index contributed by atoms with van der Waals surface area (Å²) < 4.78 is 7.68. The Hall–Kier alpha value is -3.12. The molecule has 6 heteroatoms. The molecule has 1 aromatic carbocycles. The summed E-state index contributed by atoms with van der Waals surface area (Å²) in [6, 6.07) is 12.0. The molecule has 0 aliphatic carbocycles. The van der Waals surface area contributed by atoms with Crippen LogP contribution in [-0.2, 0) is 0 Å². The van der Waals surface area contributed by atoms with Gasteiger partial charge >= 0.3 is 5.63 Å². The SMILES string of the molecule is Cc1cn2cc(-c3ccc4cc(N5CCNCC5)c(=O)oc4c3)ccc2n1. The minimum atomic E-state index is -0.276. The van der Waals surface area contributed by atoms with E-state index >= 15 is 0 Å². The Bertz CT molecular complexity index is 1200. The van der Waals surface area contributed by atoms with Crippen molar-refractivity contribution in [3.8, 4) is 11.1 Å². The number of nitrogens with zero attached hydrogens (tertiary/aromatic N) is 3. The van der Waals surface area contributed by atoms with Crippen LogP contribution in [0.15, 0.2) is 58.0 Å². The summed E-state index contributed by atoms with van der Waals surface area (Å²) in [5.74, 6) is 0. The Balaban J connectivity index is 1.57. The van der Waals surface area contributed by atoms with Gasteiger partial charge in [0.2, 0.25) is 0 Å². The number of imidazole rings is 1. The molecule has 27 heavy (non-hydrogen) atoms. The second kappa shape index (κ2) is 6.25. The van der Waals surface area contributed by atoms with E-state index in [1.807, 2.05) is 54.0 Å². The third kappa shape index (κ3) is 2.88. The van der Waals surface area contributed by atoms with Crippen LogP contribution in [0.2, 0.25) is 0 Å². The second-order valence-electron chi connectivity index (χ2n) is 6.97. The number of rotatable bonds is 2. The Morgan fingerprint density at radius 2 is 1.85 bits per heavy atom. The minimum absolute atomic E-state index is 0.276. The van der Waals surface area contributed by atoms with Gasteiger partial charge in [0.1, 0.15) is 16.9 Å². The third-order valence-corrected chi connectivity index (χ3v) is 5.08. The van der Waals surface area contributed by atoms with Gasteiger partial charge < -0.3 is 19.0 Å². The lowest BCUT2D eigenvalue weighted by Crippen LogP contribution is -2.45. The maximum Gasteiger partial charge on any atom is 0.360 e. The van der Waals surface area contributed by atoms with E-state index < -0.39 is 0 Å². The van der Waals surface area contributed by atoms with Crippen LogP contribution in [0.4, 0.5) is 5.69 Å². The van der Waals surface area contributed by atoms with E-state index in [-0.39, 0.29) is 5.63 Å². The molecule has 0 saturated carbocycles. The van der Waals surface area contributed by atoms with Gasteiger partial charge in [0, 0.05) is 44.0 Å². The third-order valence-electron chi connectivity index (χ3n) is 5.08. The van der Waals surface area contributed by atoms with E-state index in [2.05, 4.69) is 21.3 Å². The van der Waals surface area contributed by atoms with Crippen molar-refractivity contribution in [2.24, 2.45) is 0 Å². The van der Waals surface area contributed by atoms with Crippen molar-refractivity contribution in [2.75, 3.05) is 31.1 Å². The van der Waals surface area contributed by atoms with E-state index in [9.17, 15) is 4.79 Å². The number of aromatic nitrogens is 2. The van der Waals surface area contributed by atoms with Crippen molar-refractivity contribution < 1.29 is 4.42 Å². The van der Waals surface area contributed by atoms with Gasteiger partial charge in [-0.3, -0.25) is 0 Å². The number of benzene rings is 1. The predicted molar refractivity (Wildman–Crippen MR) is 106 cm³/mol. The fourth-order valence-electron chi connectivity index (χ4n) is 3.70. The normalized spacial score (nSPS) is 14.9. The molecule has 1 fully saturated rings. The molecule has 4 heterocycles. The highest BCUT2D eigenvalue weighted by molar-refractivity contribution is 5.85. The van der Waals surface area contributed by atoms with Gasteiger partial charge in [-0.1, -0.05) is 12.1 Å². The summed E-state index contributed by atoms with van der Waals surface area (Å²) in [5.41, 5.74) is 4.94. The molecule has 1 aliphatic heterocycles. The van der Waals surface area contributed by atoms with Gasteiger partial charge in [-0.2, -0.15) is 0 Å². The maximum atomic E-state index is 12.5. The van der Waals surface area contributed by atoms with Crippen LogP contribution in [0.1, 0.15) is 5.69 Å². The molecule has 0 radical (unpaired) electrons. The van der Waals surface area contributed by atoms with E-state index in [0.29, 0.717) is 11.3 Å². The molecule has 0 amide bonds. The molecule has 1 saturated heterocycles. The number of piperazine rings is 1. The lowest BCUT2D eigenvalue weighted by Gasteiger charge is -2.28. The summed E-state index contributed by atoms with van der Waals surface area (Å²) in [6.07, 6.45) is 4.05. The van der Waals surface area contributed by atoms with Crippen molar-refractivity contribution >= 4 is 22.3 Å². The molecule has 0 unspecified atom stereocenters. The molecule has 4 aromatic rings. The quantitative estimate of drug-likeness (QED) is 0.557. The number of anilines is 1. The highest BCUT2D eigenvalue weighted by Gasteiger charge is 2.16. The Labute approximate surface area is 156 Å². The zero-order chi connectivity index (χ0) is 18.4. The van der Waals surface area contributed by atoms with Crippen LogP contribution >= 0.6 is 0 Å². The molecule has 6 nitrogen and oxygen atoms in total. The summed E-state index contributed by atoms with van der Waals surface area (Å²) in [6.45, 7) is 5.38. The highest BCUT2D eigenvalue weighted by atomic mass is 16.4. The number of pyridine rings is 1. The van der Waals surface area contributed by atoms with Crippen LogP contribution in [0.25, 0.3) is 27.7 Å². The van der Waals surface area contributed by atoms with Crippen LogP contribution < -0.4 is 15.8 Å². The first-order chi connectivity index (χ1) is 13.2. The standard InChI is InChI=1S/C21H20N4O2/c1-14-12-25-13-17(4-5-20(25)23-14)15-2-3-16-10-18(21(26)27-19(16)11-15)24-8-6-22-7-9-24/h2-5,10-13,22H,6-9H2,1H3. The highest BCUT2D eigenvalue weighted by Crippen LogP contribution is 2.26. The summed E-state index contributed by atoms with van der Waals surface area (Å²) >= 11 is 0. The molecule has 0 spiro atoms. The zero-order valence-electron chi connectivity index (χ0n) is 15.1. The van der Waals surface area contributed by atoms with Gasteiger partial charge in [0.05, 0.1) is 5.69 Å². The number of nitrogens with one attached hydrogen (secondary N) is 1. The second-order valence-corrected chi connectivity index (χ2v) is 6.97. The average molecular weight is 360 g/mol. The van der Waals surface area contributed by atoms with Gasteiger partial charge in [-0.05, 0) is 42.3 Å². The van der Waals surface area contributed by atoms with Gasteiger partial charge in [0.25, 0.3) is 0 Å². The first kappa shape index (κ1) is 16.1. The topological polar surface area (TPSA) is 62.8 Å². The molecular formula is C21H20N4O2. The fraction of sp³-hybridized carbons (Fsp3) is 0.238. The smallest absolute Gasteiger partial charge is 0.360 e. The number of aryl methyl sites for hydroxylation is 1. The molecule has 0 atom stereocenters. The summed E-state index contributed by atoms with van der Waals surface area (Å²) in [4.78, 5) is 19.1. The molecular weight excluding hydrogens is 340 g/mol. The van der Waals surface area contributed by atoms with Crippen molar-refractivity contribution in [3.05, 3.63) is 64.9 Å². The summed E-state index contributed by atoms with van der Waals surface area (Å²) in [5, 5.41) is 4.24. The van der Waals surface area contributed by atoms with E-state index in [0.717, 1.165) is 54.0 Å². The zero-order valence-corrected chi connectivity index (χ0v) is 15.1. The van der Waals surface area contributed by atoms with Crippen LogP contribution in [0, 0.1) is 6.92 Å². The molecule has 3 aromatic heterocycles. The molecule has 136 valence electrons. The van der Waals surface area contributed by atoms with Crippen LogP contribution in [0.3, 0.4) is 0 Å². The fourth-order valence-corrected chi connectivity index (χ4v) is 3.70. The Morgan fingerprint density at radius 3 is 2.70 bits per heavy atom. The van der Waals surface area contributed by atoms with Crippen LogP contribution in [-0.4, -0.2) is 35.6 Å². The van der Waals surface area contributed by atoms with Gasteiger partial charge in [0.15, 0.2) is 0 Å². The molecule has 5 rings (SSSR count). The van der Waals surface area contributed by atoms with E-state index in [1.165, 1.54) is 0 Å². The largest absolute Gasteiger partial charge is 0.421 e. The van der Waals surface area contributed by atoms with Crippen molar-refractivity contribution in [1.29, 1.82) is 0 Å². The monoisotopic (exact) mass is 360 g/mol. The molecule has 0 bridgehead atoms. The first-order valence-corrected chi connectivity index (χ1v) is 9.17. The first-order valence-electron chi connectivity index (χ1n) is 9.17. The number of hydrogen-bond donors (Lipinski definition) is 1. The van der Waals surface area contributed by atoms with E-state index in [1.54, 1.807) is 0 Å². The Morgan fingerprint density at radius 1 is 1.04 bits per heavy atom. The van der Waals surface area contributed by atoms with Gasteiger partial charge in [-0.25, -0.2) is 9.78 Å². The summed E-state index contributed by atoms with van der Waals surface area (Å²) in [7, 11) is 0. The lowest BCUT2D eigenvalue weighted by molar-refractivity contribution is 0.541.